The average molecular weight is 886 g/mol. The van der Waals surface area contributed by atoms with Gasteiger partial charge in [-0.1, -0.05) is 23.7 Å². The highest BCUT2D eigenvalue weighted by Crippen LogP contribution is 2.40. The summed E-state index contributed by atoms with van der Waals surface area (Å²) in [5.74, 6) is -1.36. The van der Waals surface area contributed by atoms with Crippen molar-refractivity contribution in [3.63, 3.8) is 0 Å². The van der Waals surface area contributed by atoms with E-state index in [2.05, 4.69) is 35.7 Å². The number of piperazine rings is 1. The first-order valence-electron chi connectivity index (χ1n) is 20.8. The maximum absolute atomic E-state index is 15.8. The third-order valence-electron chi connectivity index (χ3n) is 12.2. The van der Waals surface area contributed by atoms with E-state index in [1.54, 1.807) is 20.4 Å². The summed E-state index contributed by atoms with van der Waals surface area (Å²) in [6.07, 6.45) is 3.54. The molecule has 4 aliphatic heterocycles. The lowest BCUT2D eigenvalue weighted by molar-refractivity contribution is -0.136. The standard InChI is InChI=1S/C44H50ClFN9O6P/c1-25-22-52(23-26(2)54(25)36-20-30-29(19-32(36)46)42(58)55(43(30)59)35-12-13-39(56)50-41(35)57)24-27-14-16-53(17-15-27)28-10-11-33(37(18-28)61-3)49-44-47-21-31(45)40(51-44)48-34-8-6-7-9-38(34)62(4,5)60/h6-11,18-21,25-27,35H,12-17,22-24H2,1-5H3,(H,50,56,57)(H2,47,48,49,51). The molecule has 0 bridgehead atoms. The van der Waals surface area contributed by atoms with Crippen LogP contribution in [-0.4, -0.2) is 115 Å². The molecule has 3 aromatic carbocycles. The smallest absolute Gasteiger partial charge is 0.262 e. The average Bonchev–Trinajstić information content (AvgIpc) is 3.46. The van der Waals surface area contributed by atoms with Crippen LogP contribution in [0.2, 0.25) is 5.02 Å². The number of amides is 4. The number of nitrogens with one attached hydrogen (secondary N) is 3. The maximum Gasteiger partial charge on any atom is 0.262 e. The van der Waals surface area contributed by atoms with Gasteiger partial charge in [-0.05, 0) is 88.8 Å². The van der Waals surface area contributed by atoms with Crippen LogP contribution in [0.4, 0.5) is 38.9 Å². The number of carbonyl (C=O) groups excluding carboxylic acids is 4. The van der Waals surface area contributed by atoms with Crippen molar-refractivity contribution < 1.29 is 32.9 Å². The molecule has 0 radical (unpaired) electrons. The molecule has 3 N–H and O–H groups in total. The number of halogens is 2. The fourth-order valence-corrected chi connectivity index (χ4v) is 10.6. The van der Waals surface area contributed by atoms with E-state index < -0.39 is 42.6 Å². The number of rotatable bonds is 11. The summed E-state index contributed by atoms with van der Waals surface area (Å²) in [5.41, 5.74) is 2.64. The largest absolute Gasteiger partial charge is 0.494 e. The van der Waals surface area contributed by atoms with Gasteiger partial charge >= 0.3 is 0 Å². The second kappa shape index (κ2) is 17.3. The zero-order valence-electron chi connectivity index (χ0n) is 35.3. The van der Waals surface area contributed by atoms with E-state index in [4.69, 9.17) is 16.3 Å². The molecule has 0 aliphatic carbocycles. The molecular formula is C44H50ClFN9O6P. The van der Waals surface area contributed by atoms with Gasteiger partial charge < -0.3 is 29.7 Å². The second-order valence-electron chi connectivity index (χ2n) is 16.9. The minimum atomic E-state index is -2.57. The quantitative estimate of drug-likeness (QED) is 0.115. The highest BCUT2D eigenvalue weighted by molar-refractivity contribution is 7.70. The third kappa shape index (κ3) is 8.60. The first kappa shape index (κ1) is 43.1. The number of methoxy groups -OCH3 is 1. The van der Waals surface area contributed by atoms with Gasteiger partial charge in [0.15, 0.2) is 5.82 Å². The van der Waals surface area contributed by atoms with Crippen LogP contribution in [0.3, 0.4) is 0 Å². The van der Waals surface area contributed by atoms with Gasteiger partial charge in [0.1, 0.15) is 29.8 Å². The number of hydrogen-bond acceptors (Lipinski definition) is 13. The van der Waals surface area contributed by atoms with Crippen molar-refractivity contribution in [3.05, 3.63) is 82.8 Å². The van der Waals surface area contributed by atoms with E-state index >= 15 is 4.39 Å². The molecule has 8 rings (SSSR count). The van der Waals surface area contributed by atoms with Gasteiger partial charge in [0.2, 0.25) is 17.8 Å². The van der Waals surface area contributed by atoms with Crippen LogP contribution in [0, 0.1) is 11.7 Å². The number of imide groups is 2. The molecule has 5 heterocycles. The minimum absolute atomic E-state index is 0.00941. The Hall–Kier alpha value is -5.57. The van der Waals surface area contributed by atoms with E-state index in [0.29, 0.717) is 58.2 Å². The molecule has 0 saturated carbocycles. The fourth-order valence-electron chi connectivity index (χ4n) is 9.26. The molecular weight excluding hydrogens is 836 g/mol. The Labute approximate surface area is 364 Å². The van der Waals surface area contributed by atoms with Crippen LogP contribution in [0.1, 0.15) is 60.2 Å². The number of ether oxygens (including phenoxy) is 1. The van der Waals surface area contributed by atoms with E-state index in [1.807, 2.05) is 61.2 Å². The van der Waals surface area contributed by atoms with Crippen molar-refractivity contribution in [3.8, 4) is 5.75 Å². The molecule has 4 amide bonds. The van der Waals surface area contributed by atoms with Crippen molar-refractivity contribution in [1.29, 1.82) is 0 Å². The highest BCUT2D eigenvalue weighted by Gasteiger charge is 2.46. The van der Waals surface area contributed by atoms with Gasteiger partial charge in [0, 0.05) is 68.3 Å². The van der Waals surface area contributed by atoms with E-state index in [0.717, 1.165) is 49.1 Å². The number of anilines is 6. The zero-order valence-corrected chi connectivity index (χ0v) is 36.9. The predicted octanol–water partition coefficient (Wildman–Crippen LogP) is 6.23. The number of benzene rings is 3. The Morgan fingerprint density at radius 2 is 1.61 bits per heavy atom. The summed E-state index contributed by atoms with van der Waals surface area (Å²) < 4.78 is 34.6. The number of fused-ring (bicyclic) bond motifs is 1. The van der Waals surface area contributed by atoms with Crippen LogP contribution in [-0.2, 0) is 14.2 Å². The van der Waals surface area contributed by atoms with Gasteiger partial charge in [-0.2, -0.15) is 4.98 Å². The number of para-hydroxylation sites is 1. The Morgan fingerprint density at radius 1 is 0.919 bits per heavy atom. The third-order valence-corrected chi connectivity index (χ3v) is 14.0. The van der Waals surface area contributed by atoms with Gasteiger partial charge in [-0.15, -0.1) is 0 Å². The molecule has 3 fully saturated rings. The molecule has 1 aromatic heterocycles. The minimum Gasteiger partial charge on any atom is -0.494 e. The van der Waals surface area contributed by atoms with Crippen molar-refractivity contribution in [1.82, 2.24) is 25.1 Å². The lowest BCUT2D eigenvalue weighted by Gasteiger charge is -2.47. The lowest BCUT2D eigenvalue weighted by Crippen LogP contribution is -2.58. The first-order chi connectivity index (χ1) is 29.6. The SMILES string of the molecule is COc1cc(N2CCC(CN3CC(C)N(c4cc5c(cc4F)C(=O)N(C4CCC(=O)NC4=O)C5=O)C(C)C3)CC2)ccc1Nc1ncc(Cl)c(Nc2ccccc2P(C)(C)=O)n1. The van der Waals surface area contributed by atoms with Gasteiger partial charge in [0.25, 0.3) is 11.8 Å². The molecule has 4 aliphatic rings. The van der Waals surface area contributed by atoms with Crippen LogP contribution >= 0.6 is 18.7 Å². The first-order valence-corrected chi connectivity index (χ1v) is 23.8. The number of piperidine rings is 2. The van der Waals surface area contributed by atoms with Crippen molar-refractivity contribution in [2.75, 3.05) is 73.6 Å². The Bertz CT molecular complexity index is 2480. The highest BCUT2D eigenvalue weighted by atomic mass is 35.5. The van der Waals surface area contributed by atoms with Crippen LogP contribution in [0.15, 0.2) is 60.8 Å². The van der Waals surface area contributed by atoms with E-state index in [-0.39, 0.29) is 41.7 Å². The number of hydrogen-bond donors (Lipinski definition) is 3. The molecule has 326 valence electrons. The maximum atomic E-state index is 15.8. The fraction of sp³-hybridized carbons (Fsp3) is 0.409. The zero-order chi connectivity index (χ0) is 44.0. The molecule has 62 heavy (non-hydrogen) atoms. The monoisotopic (exact) mass is 885 g/mol. The van der Waals surface area contributed by atoms with Crippen molar-refractivity contribution in [2.24, 2.45) is 5.92 Å². The van der Waals surface area contributed by atoms with E-state index in [9.17, 15) is 23.7 Å². The Balaban J connectivity index is 0.870. The Kier molecular flexibility index (Phi) is 12.0. The summed E-state index contributed by atoms with van der Waals surface area (Å²) >= 11 is 6.48. The topological polar surface area (TPSA) is 169 Å². The predicted molar refractivity (Wildman–Crippen MR) is 238 cm³/mol. The van der Waals surface area contributed by atoms with Gasteiger partial charge in [0.05, 0.1) is 41.5 Å². The normalized spacial score (nSPS) is 21.3. The van der Waals surface area contributed by atoms with Crippen LogP contribution in [0.25, 0.3) is 0 Å². The molecule has 15 nitrogen and oxygen atoms in total. The van der Waals surface area contributed by atoms with Crippen LogP contribution in [0.5, 0.6) is 5.75 Å². The van der Waals surface area contributed by atoms with Gasteiger partial charge in [-0.25, -0.2) is 9.37 Å². The summed E-state index contributed by atoms with van der Waals surface area (Å²) in [5, 5.41) is 9.70. The van der Waals surface area contributed by atoms with Crippen molar-refractivity contribution >= 4 is 82.2 Å². The molecule has 0 spiro atoms. The number of carbonyl (C=O) groups is 4. The summed E-state index contributed by atoms with van der Waals surface area (Å²) in [6, 6.07) is 14.7. The summed E-state index contributed by atoms with van der Waals surface area (Å²) in [6.45, 7) is 11.6. The van der Waals surface area contributed by atoms with Crippen molar-refractivity contribution in [2.45, 2.75) is 57.7 Å². The summed E-state index contributed by atoms with van der Waals surface area (Å²) in [7, 11) is -0.952. The summed E-state index contributed by atoms with van der Waals surface area (Å²) in [4.78, 5) is 67.6. The molecule has 4 aromatic rings. The molecule has 3 unspecified atom stereocenters. The molecule has 3 atom stereocenters. The number of nitrogens with zero attached hydrogens (tertiary/aromatic N) is 6. The Morgan fingerprint density at radius 3 is 2.29 bits per heavy atom. The van der Waals surface area contributed by atoms with Crippen LogP contribution < -0.4 is 35.8 Å². The molecule has 3 saturated heterocycles. The second-order valence-corrected chi connectivity index (χ2v) is 20.5. The van der Waals surface area contributed by atoms with E-state index in [1.165, 1.54) is 12.3 Å². The lowest BCUT2D eigenvalue weighted by atomic mass is 9.94. The molecule has 18 heteroatoms. The number of aromatic nitrogens is 2. The van der Waals surface area contributed by atoms with Gasteiger partial charge in [-0.3, -0.25) is 34.3 Å².